The summed E-state index contributed by atoms with van der Waals surface area (Å²) >= 11 is 0. The summed E-state index contributed by atoms with van der Waals surface area (Å²) in [5.74, 6) is 0.537. The third-order valence-corrected chi connectivity index (χ3v) is 4.96. The van der Waals surface area contributed by atoms with Gasteiger partial charge in [0, 0.05) is 24.7 Å². The zero-order valence-corrected chi connectivity index (χ0v) is 15.2. The van der Waals surface area contributed by atoms with Crippen molar-refractivity contribution >= 4 is 5.91 Å². The van der Waals surface area contributed by atoms with Crippen LogP contribution in [0.4, 0.5) is 0 Å². The summed E-state index contributed by atoms with van der Waals surface area (Å²) in [6, 6.07) is 11.3. The molecule has 0 bridgehead atoms. The zero-order chi connectivity index (χ0) is 18.4. The lowest BCUT2D eigenvalue weighted by Gasteiger charge is -2.21. The highest BCUT2D eigenvalue weighted by Crippen LogP contribution is 2.23. The van der Waals surface area contributed by atoms with E-state index in [1.807, 2.05) is 41.9 Å². The van der Waals surface area contributed by atoms with Crippen LogP contribution in [0, 0.1) is 5.92 Å². The normalized spacial score (nSPS) is 14.8. The second kappa shape index (κ2) is 8.70. The zero-order valence-electron chi connectivity index (χ0n) is 15.2. The molecule has 5 nitrogen and oxygen atoms in total. The molecule has 3 rings (SSSR count). The first-order chi connectivity index (χ1) is 12.6. The number of rotatable bonds is 6. The van der Waals surface area contributed by atoms with Crippen LogP contribution in [-0.4, -0.2) is 10.5 Å². The number of aromatic nitrogens is 1. The van der Waals surface area contributed by atoms with Crippen LogP contribution in [0.25, 0.3) is 0 Å². The Morgan fingerprint density at radius 1 is 1.19 bits per heavy atom. The molecule has 1 aliphatic carbocycles. The first kappa shape index (κ1) is 18.2. The van der Waals surface area contributed by atoms with E-state index in [9.17, 15) is 9.59 Å². The first-order valence-electron chi connectivity index (χ1n) is 9.27. The standard InChI is InChI=1S/C21H26N2O3/c1-23-14-20(26-15-16-8-4-2-5-9-16)19(24)12-18(23)13-22-21(25)17-10-6-3-7-11-17/h2,4-5,8-9,12,14,17H,3,6-7,10-11,13,15H2,1H3,(H,22,25). The molecule has 5 heteroatoms. The van der Waals surface area contributed by atoms with Crippen LogP contribution in [0.1, 0.15) is 43.4 Å². The van der Waals surface area contributed by atoms with Gasteiger partial charge in [-0.05, 0) is 18.4 Å². The molecular weight excluding hydrogens is 328 g/mol. The molecule has 0 atom stereocenters. The molecule has 138 valence electrons. The number of ether oxygens (including phenoxy) is 1. The molecule has 0 spiro atoms. The number of benzene rings is 1. The van der Waals surface area contributed by atoms with E-state index in [2.05, 4.69) is 5.32 Å². The monoisotopic (exact) mass is 354 g/mol. The molecule has 0 radical (unpaired) electrons. The molecule has 1 fully saturated rings. The van der Waals surface area contributed by atoms with E-state index in [1.54, 1.807) is 12.3 Å². The van der Waals surface area contributed by atoms with Crippen LogP contribution >= 0.6 is 0 Å². The number of hydrogen-bond acceptors (Lipinski definition) is 3. The summed E-state index contributed by atoms with van der Waals surface area (Å²) in [5.41, 5.74) is 1.62. The molecule has 1 amide bonds. The Hall–Kier alpha value is -2.56. The fourth-order valence-corrected chi connectivity index (χ4v) is 3.35. The van der Waals surface area contributed by atoms with Gasteiger partial charge in [0.25, 0.3) is 0 Å². The van der Waals surface area contributed by atoms with Crippen molar-refractivity contribution in [2.45, 2.75) is 45.3 Å². The summed E-state index contributed by atoms with van der Waals surface area (Å²) in [5, 5.41) is 2.97. The number of nitrogens with zero attached hydrogens (tertiary/aromatic N) is 1. The van der Waals surface area contributed by atoms with Gasteiger partial charge < -0.3 is 14.6 Å². The smallest absolute Gasteiger partial charge is 0.223 e. The molecule has 1 aromatic heterocycles. The van der Waals surface area contributed by atoms with Crippen LogP contribution in [0.5, 0.6) is 5.75 Å². The SMILES string of the molecule is Cn1cc(OCc2ccccc2)c(=O)cc1CNC(=O)C1CCCCC1. The lowest BCUT2D eigenvalue weighted by atomic mass is 9.89. The molecule has 1 saturated carbocycles. The van der Waals surface area contributed by atoms with Crippen LogP contribution < -0.4 is 15.5 Å². The largest absolute Gasteiger partial charge is 0.483 e. The van der Waals surface area contributed by atoms with Gasteiger partial charge in [-0.1, -0.05) is 49.6 Å². The molecule has 1 aromatic carbocycles. The lowest BCUT2D eigenvalue weighted by molar-refractivity contribution is -0.126. The molecule has 1 heterocycles. The quantitative estimate of drug-likeness (QED) is 0.867. The average molecular weight is 354 g/mol. The highest BCUT2D eigenvalue weighted by Gasteiger charge is 2.20. The van der Waals surface area contributed by atoms with E-state index in [-0.39, 0.29) is 17.3 Å². The van der Waals surface area contributed by atoms with Gasteiger partial charge in [0.05, 0.1) is 12.7 Å². The summed E-state index contributed by atoms with van der Waals surface area (Å²) in [7, 11) is 1.86. The van der Waals surface area contributed by atoms with Crippen LogP contribution in [0.2, 0.25) is 0 Å². The molecule has 2 aromatic rings. The number of nitrogens with one attached hydrogen (secondary N) is 1. The van der Waals surface area contributed by atoms with Crippen LogP contribution in [-0.2, 0) is 25.0 Å². The number of amides is 1. The maximum absolute atomic E-state index is 12.3. The minimum Gasteiger partial charge on any atom is -0.483 e. The van der Waals surface area contributed by atoms with Gasteiger partial charge in [0.15, 0.2) is 5.75 Å². The van der Waals surface area contributed by atoms with Gasteiger partial charge in [0.2, 0.25) is 11.3 Å². The summed E-state index contributed by atoms with van der Waals surface area (Å²) < 4.78 is 7.49. The van der Waals surface area contributed by atoms with Crippen molar-refractivity contribution in [2.75, 3.05) is 0 Å². The van der Waals surface area contributed by atoms with E-state index in [4.69, 9.17) is 4.74 Å². The van der Waals surface area contributed by atoms with Crippen LogP contribution in [0.15, 0.2) is 47.4 Å². The van der Waals surface area contributed by atoms with Crippen molar-refractivity contribution < 1.29 is 9.53 Å². The number of aryl methyl sites for hydroxylation is 1. The van der Waals surface area contributed by atoms with Gasteiger partial charge in [-0.3, -0.25) is 9.59 Å². The third-order valence-electron chi connectivity index (χ3n) is 4.96. The molecule has 1 aliphatic rings. The molecule has 1 N–H and O–H groups in total. The maximum Gasteiger partial charge on any atom is 0.223 e. The Bertz CT molecular complexity index is 793. The highest BCUT2D eigenvalue weighted by molar-refractivity contribution is 5.78. The van der Waals surface area contributed by atoms with E-state index in [0.717, 1.165) is 36.9 Å². The average Bonchev–Trinajstić information content (AvgIpc) is 2.68. The van der Waals surface area contributed by atoms with Crippen molar-refractivity contribution in [1.82, 2.24) is 9.88 Å². The minimum absolute atomic E-state index is 0.0987. The number of carbonyl (C=O) groups excluding carboxylic acids is 1. The predicted molar refractivity (Wildman–Crippen MR) is 101 cm³/mol. The molecular formula is C21H26N2O3. The van der Waals surface area contributed by atoms with E-state index >= 15 is 0 Å². The molecule has 26 heavy (non-hydrogen) atoms. The fraction of sp³-hybridized carbons (Fsp3) is 0.429. The Kier molecular flexibility index (Phi) is 6.10. The molecule has 0 unspecified atom stereocenters. The van der Waals surface area contributed by atoms with Gasteiger partial charge in [-0.25, -0.2) is 0 Å². The van der Waals surface area contributed by atoms with Crippen molar-refractivity contribution in [3.8, 4) is 5.75 Å². The summed E-state index contributed by atoms with van der Waals surface area (Å²) in [6.07, 6.45) is 7.11. The molecule has 0 aliphatic heterocycles. The highest BCUT2D eigenvalue weighted by atomic mass is 16.5. The maximum atomic E-state index is 12.3. The van der Waals surface area contributed by atoms with Crippen molar-refractivity contribution in [3.05, 3.63) is 64.1 Å². The summed E-state index contributed by atoms with van der Waals surface area (Å²) in [4.78, 5) is 24.6. The van der Waals surface area contributed by atoms with Crippen molar-refractivity contribution in [1.29, 1.82) is 0 Å². The Labute approximate surface area is 154 Å². The van der Waals surface area contributed by atoms with E-state index in [1.165, 1.54) is 6.42 Å². The van der Waals surface area contributed by atoms with Gasteiger partial charge in [-0.2, -0.15) is 0 Å². The van der Waals surface area contributed by atoms with Gasteiger partial charge in [0.1, 0.15) is 6.61 Å². The Balaban J connectivity index is 1.59. The molecule has 0 saturated heterocycles. The number of pyridine rings is 1. The van der Waals surface area contributed by atoms with Crippen molar-refractivity contribution in [3.63, 3.8) is 0 Å². The number of carbonyl (C=O) groups is 1. The van der Waals surface area contributed by atoms with E-state index in [0.29, 0.717) is 18.9 Å². The summed E-state index contributed by atoms with van der Waals surface area (Å²) in [6.45, 7) is 0.716. The van der Waals surface area contributed by atoms with E-state index < -0.39 is 0 Å². The number of hydrogen-bond donors (Lipinski definition) is 1. The fourth-order valence-electron chi connectivity index (χ4n) is 3.35. The van der Waals surface area contributed by atoms with Gasteiger partial charge >= 0.3 is 0 Å². The predicted octanol–water partition coefficient (Wildman–Crippen LogP) is 3.16. The first-order valence-corrected chi connectivity index (χ1v) is 9.27. The van der Waals surface area contributed by atoms with Gasteiger partial charge in [-0.15, -0.1) is 0 Å². The Morgan fingerprint density at radius 3 is 2.65 bits per heavy atom. The van der Waals surface area contributed by atoms with Crippen molar-refractivity contribution in [2.24, 2.45) is 13.0 Å². The second-order valence-corrected chi connectivity index (χ2v) is 6.93. The Morgan fingerprint density at radius 2 is 1.92 bits per heavy atom. The minimum atomic E-state index is -0.166. The lowest BCUT2D eigenvalue weighted by Crippen LogP contribution is -2.32. The third kappa shape index (κ3) is 4.75. The van der Waals surface area contributed by atoms with Crippen LogP contribution in [0.3, 0.4) is 0 Å². The topological polar surface area (TPSA) is 60.3 Å². The second-order valence-electron chi connectivity index (χ2n) is 6.93.